The quantitative estimate of drug-likeness (QED) is 0.885. The highest BCUT2D eigenvalue weighted by Gasteiger charge is 2.19. The van der Waals surface area contributed by atoms with Crippen molar-refractivity contribution in [3.63, 3.8) is 0 Å². The van der Waals surface area contributed by atoms with Gasteiger partial charge in [-0.1, -0.05) is 25.7 Å². The van der Waals surface area contributed by atoms with Gasteiger partial charge in [0.15, 0.2) is 0 Å². The predicted octanol–water partition coefficient (Wildman–Crippen LogP) is 2.97. The molecule has 19 heavy (non-hydrogen) atoms. The van der Waals surface area contributed by atoms with Crippen molar-refractivity contribution in [1.29, 1.82) is 0 Å². The average Bonchev–Trinajstić information content (AvgIpc) is 3.12. The van der Waals surface area contributed by atoms with E-state index in [0.29, 0.717) is 5.92 Å². The minimum atomic E-state index is 0.457. The molecule has 0 radical (unpaired) electrons. The van der Waals surface area contributed by atoms with Gasteiger partial charge in [0.05, 0.1) is 12.3 Å². The molecule has 0 unspecified atom stereocenters. The van der Waals surface area contributed by atoms with Crippen LogP contribution >= 0.6 is 0 Å². The van der Waals surface area contributed by atoms with Crippen molar-refractivity contribution in [3.05, 3.63) is 18.1 Å². The molecule has 0 aromatic carbocycles. The van der Waals surface area contributed by atoms with Crippen molar-refractivity contribution < 1.29 is 4.74 Å². The zero-order valence-electron chi connectivity index (χ0n) is 11.5. The normalized spacial score (nSPS) is 23.9. The van der Waals surface area contributed by atoms with E-state index >= 15 is 0 Å². The fourth-order valence-electron chi connectivity index (χ4n) is 3.16. The van der Waals surface area contributed by atoms with Crippen LogP contribution < -0.4 is 5.32 Å². The fourth-order valence-corrected chi connectivity index (χ4v) is 3.16. The topological polar surface area (TPSA) is 47.0 Å². The molecule has 1 saturated carbocycles. The van der Waals surface area contributed by atoms with Crippen LogP contribution in [0.15, 0.2) is 12.4 Å². The van der Waals surface area contributed by atoms with E-state index in [1.54, 1.807) is 6.33 Å². The lowest BCUT2D eigenvalue weighted by Gasteiger charge is -2.12. The van der Waals surface area contributed by atoms with Crippen LogP contribution in [0, 0.1) is 5.92 Å². The summed E-state index contributed by atoms with van der Waals surface area (Å²) in [6.07, 6.45) is 9.69. The Morgan fingerprint density at radius 3 is 2.89 bits per heavy atom. The fraction of sp³-hybridized carbons (Fsp3) is 0.733. The first-order valence-electron chi connectivity index (χ1n) is 7.55. The molecule has 1 aliphatic heterocycles. The van der Waals surface area contributed by atoms with Crippen LogP contribution in [0.1, 0.15) is 50.1 Å². The lowest BCUT2D eigenvalue weighted by molar-refractivity contribution is 0.193. The number of nitrogens with zero attached hydrogens (tertiary/aromatic N) is 2. The Hall–Kier alpha value is -1.16. The van der Waals surface area contributed by atoms with E-state index in [-0.39, 0.29) is 0 Å². The van der Waals surface area contributed by atoms with Gasteiger partial charge in [-0.3, -0.25) is 0 Å². The molecule has 0 bridgehead atoms. The number of hydrogen-bond acceptors (Lipinski definition) is 4. The summed E-state index contributed by atoms with van der Waals surface area (Å²) in [6.45, 7) is 2.69. The number of ether oxygens (including phenoxy) is 1. The lowest BCUT2D eigenvalue weighted by atomic mass is 10.0. The van der Waals surface area contributed by atoms with Crippen molar-refractivity contribution in [2.24, 2.45) is 5.92 Å². The Balaban J connectivity index is 1.50. The summed E-state index contributed by atoms with van der Waals surface area (Å²) in [4.78, 5) is 8.69. The van der Waals surface area contributed by atoms with Gasteiger partial charge in [-0.2, -0.15) is 0 Å². The van der Waals surface area contributed by atoms with Crippen molar-refractivity contribution >= 4 is 5.82 Å². The SMILES string of the molecule is c1nc(NCCC2CCCC2)cc([C@@H]2CCOC2)n1. The monoisotopic (exact) mass is 261 g/mol. The van der Waals surface area contributed by atoms with Gasteiger partial charge in [0.2, 0.25) is 0 Å². The maximum atomic E-state index is 5.42. The summed E-state index contributed by atoms with van der Waals surface area (Å²) in [5, 5.41) is 3.44. The molecule has 1 aromatic heterocycles. The summed E-state index contributed by atoms with van der Waals surface area (Å²) in [6, 6.07) is 2.09. The van der Waals surface area contributed by atoms with E-state index in [1.165, 1.54) is 32.1 Å². The van der Waals surface area contributed by atoms with Crippen LogP contribution in [0.25, 0.3) is 0 Å². The number of aromatic nitrogens is 2. The molecule has 2 aliphatic rings. The molecule has 104 valence electrons. The Bertz CT molecular complexity index is 398. The van der Waals surface area contributed by atoms with E-state index in [0.717, 1.165) is 43.6 Å². The zero-order valence-corrected chi connectivity index (χ0v) is 11.5. The number of hydrogen-bond donors (Lipinski definition) is 1. The minimum absolute atomic E-state index is 0.457. The third-order valence-corrected chi connectivity index (χ3v) is 4.37. The highest BCUT2D eigenvalue weighted by atomic mass is 16.5. The molecule has 2 fully saturated rings. The molecule has 3 rings (SSSR count). The van der Waals surface area contributed by atoms with Gasteiger partial charge in [0, 0.05) is 25.1 Å². The minimum Gasteiger partial charge on any atom is -0.381 e. The van der Waals surface area contributed by atoms with Gasteiger partial charge in [-0.05, 0) is 18.8 Å². The van der Waals surface area contributed by atoms with Crippen LogP contribution in [0.4, 0.5) is 5.82 Å². The molecular formula is C15H23N3O. The highest BCUT2D eigenvalue weighted by molar-refractivity contribution is 5.35. The van der Waals surface area contributed by atoms with E-state index in [9.17, 15) is 0 Å². The standard InChI is InChI=1S/C15H23N3O/c1-2-4-12(3-1)5-7-16-15-9-14(17-11-18-15)13-6-8-19-10-13/h9,11-13H,1-8,10H2,(H,16,17,18)/t13-/m1/s1. The Morgan fingerprint density at radius 1 is 1.21 bits per heavy atom. The molecule has 0 spiro atoms. The van der Waals surface area contributed by atoms with Crippen LogP contribution in [0.5, 0.6) is 0 Å². The van der Waals surface area contributed by atoms with Crippen LogP contribution in [0.2, 0.25) is 0 Å². The molecule has 1 atom stereocenters. The number of anilines is 1. The molecule has 1 aliphatic carbocycles. The first-order valence-corrected chi connectivity index (χ1v) is 7.55. The first-order chi connectivity index (χ1) is 9.42. The summed E-state index contributed by atoms with van der Waals surface area (Å²) in [5.41, 5.74) is 1.12. The van der Waals surface area contributed by atoms with Gasteiger partial charge < -0.3 is 10.1 Å². The summed E-state index contributed by atoms with van der Waals surface area (Å²) >= 11 is 0. The van der Waals surface area contributed by atoms with Gasteiger partial charge in [0.1, 0.15) is 12.1 Å². The number of nitrogens with one attached hydrogen (secondary N) is 1. The van der Waals surface area contributed by atoms with E-state index in [1.807, 2.05) is 0 Å². The largest absolute Gasteiger partial charge is 0.381 e. The second-order valence-corrected chi connectivity index (χ2v) is 5.75. The number of rotatable bonds is 5. The molecule has 1 saturated heterocycles. The van der Waals surface area contributed by atoms with Crippen molar-refractivity contribution in [1.82, 2.24) is 9.97 Å². The maximum absolute atomic E-state index is 5.42. The van der Waals surface area contributed by atoms with E-state index in [2.05, 4.69) is 21.4 Å². The average molecular weight is 261 g/mol. The van der Waals surface area contributed by atoms with Crippen LogP contribution in [-0.2, 0) is 4.74 Å². The van der Waals surface area contributed by atoms with Gasteiger partial charge in [0.25, 0.3) is 0 Å². The van der Waals surface area contributed by atoms with Crippen molar-refractivity contribution in [2.75, 3.05) is 25.1 Å². The van der Waals surface area contributed by atoms with Gasteiger partial charge in [-0.25, -0.2) is 9.97 Å². The maximum Gasteiger partial charge on any atom is 0.129 e. The molecule has 0 amide bonds. The van der Waals surface area contributed by atoms with Crippen LogP contribution in [0.3, 0.4) is 0 Å². The zero-order chi connectivity index (χ0) is 12.9. The summed E-state index contributed by atoms with van der Waals surface area (Å²) in [5.74, 6) is 2.35. The molecule has 4 nitrogen and oxygen atoms in total. The van der Waals surface area contributed by atoms with Crippen molar-refractivity contribution in [2.45, 2.75) is 44.4 Å². The predicted molar refractivity (Wildman–Crippen MR) is 75.3 cm³/mol. The van der Waals surface area contributed by atoms with Crippen molar-refractivity contribution in [3.8, 4) is 0 Å². The molecule has 2 heterocycles. The molecule has 4 heteroatoms. The molecule has 1 aromatic rings. The Morgan fingerprint density at radius 2 is 2.11 bits per heavy atom. The highest BCUT2D eigenvalue weighted by Crippen LogP contribution is 2.27. The summed E-state index contributed by atoms with van der Waals surface area (Å²) < 4.78 is 5.42. The smallest absolute Gasteiger partial charge is 0.129 e. The van der Waals surface area contributed by atoms with Gasteiger partial charge >= 0.3 is 0 Å². The summed E-state index contributed by atoms with van der Waals surface area (Å²) in [7, 11) is 0. The second-order valence-electron chi connectivity index (χ2n) is 5.75. The third-order valence-electron chi connectivity index (χ3n) is 4.37. The Labute approximate surface area is 115 Å². The molecular weight excluding hydrogens is 238 g/mol. The van der Waals surface area contributed by atoms with Gasteiger partial charge in [-0.15, -0.1) is 0 Å². The van der Waals surface area contributed by atoms with E-state index in [4.69, 9.17) is 4.74 Å². The Kier molecular flexibility index (Phi) is 4.28. The first kappa shape index (κ1) is 12.9. The van der Waals surface area contributed by atoms with Crippen LogP contribution in [-0.4, -0.2) is 29.7 Å². The van der Waals surface area contributed by atoms with E-state index < -0.39 is 0 Å². The second kappa shape index (κ2) is 6.33. The lowest BCUT2D eigenvalue weighted by Crippen LogP contribution is -2.09. The molecule has 1 N–H and O–H groups in total. The third kappa shape index (κ3) is 3.44.